The Kier molecular flexibility index (Phi) is 5.73. The fourth-order valence-electron chi connectivity index (χ4n) is 2.32. The highest BCUT2D eigenvalue weighted by molar-refractivity contribution is 9.10. The third-order valence-electron chi connectivity index (χ3n) is 3.31. The number of carbonyl (C=O) groups is 1. The van der Waals surface area contributed by atoms with E-state index in [4.69, 9.17) is 10.00 Å². The summed E-state index contributed by atoms with van der Waals surface area (Å²) in [6.45, 7) is -0.697. The van der Waals surface area contributed by atoms with E-state index < -0.39 is 13.0 Å². The zero-order valence-corrected chi connectivity index (χ0v) is 14.7. The Balaban J connectivity index is 2.26. The molecule has 1 aromatic carbocycles. The Morgan fingerprint density at radius 1 is 1.50 bits per heavy atom. The van der Waals surface area contributed by atoms with Gasteiger partial charge in [-0.15, -0.1) is 0 Å². The smallest absolute Gasteiger partial charge is 0.272 e. The van der Waals surface area contributed by atoms with Crippen molar-refractivity contribution in [3.63, 3.8) is 0 Å². The lowest BCUT2D eigenvalue weighted by Gasteiger charge is -2.09. The van der Waals surface area contributed by atoms with Gasteiger partial charge in [-0.25, -0.2) is 8.78 Å². The second kappa shape index (κ2) is 7.58. The number of alkyl halides is 2. The van der Waals surface area contributed by atoms with E-state index in [-0.39, 0.29) is 11.4 Å². The SMILES string of the molecule is CN(C)/C=C(\C#N)C(=O)C1=Cc2cc(OCC(F)F)c(Br)cc2C1. The zero-order valence-electron chi connectivity index (χ0n) is 13.1. The molecule has 0 unspecified atom stereocenters. The molecule has 0 bridgehead atoms. The second-order valence-electron chi connectivity index (χ2n) is 5.48. The van der Waals surface area contributed by atoms with Crippen LogP contribution in [0.2, 0.25) is 0 Å². The van der Waals surface area contributed by atoms with Crippen molar-refractivity contribution < 1.29 is 18.3 Å². The van der Waals surface area contributed by atoms with Crippen LogP contribution in [0, 0.1) is 11.3 Å². The molecule has 24 heavy (non-hydrogen) atoms. The number of ketones is 1. The largest absolute Gasteiger partial charge is 0.486 e. The maximum absolute atomic E-state index is 12.4. The van der Waals surface area contributed by atoms with Crippen molar-refractivity contribution in [1.82, 2.24) is 4.90 Å². The van der Waals surface area contributed by atoms with Crippen molar-refractivity contribution >= 4 is 27.8 Å². The minimum atomic E-state index is -2.56. The molecule has 0 aliphatic heterocycles. The molecule has 0 N–H and O–H groups in total. The van der Waals surface area contributed by atoms with Crippen LogP contribution in [-0.4, -0.2) is 37.8 Å². The Morgan fingerprint density at radius 2 is 2.21 bits per heavy atom. The van der Waals surface area contributed by atoms with Crippen LogP contribution < -0.4 is 4.74 Å². The number of Topliss-reactive ketones (excluding diaryl/α,β-unsaturated/α-hetero) is 1. The molecule has 0 fully saturated rings. The number of halogens is 3. The van der Waals surface area contributed by atoms with E-state index in [9.17, 15) is 13.6 Å². The summed E-state index contributed by atoms with van der Waals surface area (Å²) in [5.74, 6) is -0.0445. The van der Waals surface area contributed by atoms with E-state index in [0.29, 0.717) is 22.2 Å². The lowest BCUT2D eigenvalue weighted by molar-refractivity contribution is -0.111. The molecule has 0 saturated heterocycles. The van der Waals surface area contributed by atoms with Gasteiger partial charge < -0.3 is 9.64 Å². The first kappa shape index (κ1) is 18.1. The zero-order chi connectivity index (χ0) is 17.9. The standard InChI is InChI=1S/C17H15BrF2N2O2/c1-22(2)8-13(7-21)17(23)12-3-10-5-14(18)15(6-11(10)4-12)24-9-16(19)20/h4-6,8,16H,3,9H2,1-2H3/b13-8+. The second-order valence-corrected chi connectivity index (χ2v) is 6.33. The van der Waals surface area contributed by atoms with E-state index in [0.717, 1.165) is 11.1 Å². The third kappa shape index (κ3) is 4.20. The first-order valence-electron chi connectivity index (χ1n) is 7.08. The van der Waals surface area contributed by atoms with Gasteiger partial charge in [0.15, 0.2) is 0 Å². The summed E-state index contributed by atoms with van der Waals surface area (Å²) in [6.07, 6.45) is 0.959. The van der Waals surface area contributed by atoms with Crippen molar-refractivity contribution in [3.8, 4) is 11.8 Å². The molecule has 4 nitrogen and oxygen atoms in total. The average Bonchev–Trinajstić information content (AvgIpc) is 2.91. The number of fused-ring (bicyclic) bond motifs is 1. The molecule has 1 aliphatic carbocycles. The monoisotopic (exact) mass is 396 g/mol. The minimum Gasteiger partial charge on any atom is -0.486 e. The highest BCUT2D eigenvalue weighted by Gasteiger charge is 2.23. The lowest BCUT2D eigenvalue weighted by atomic mass is 10.0. The fraction of sp³-hybridized carbons (Fsp3) is 0.294. The number of rotatable bonds is 6. The van der Waals surface area contributed by atoms with Gasteiger partial charge >= 0.3 is 0 Å². The van der Waals surface area contributed by atoms with Crippen LogP contribution in [0.5, 0.6) is 5.75 Å². The number of nitriles is 1. The summed E-state index contributed by atoms with van der Waals surface area (Å²) in [5.41, 5.74) is 2.13. The summed E-state index contributed by atoms with van der Waals surface area (Å²) in [5, 5.41) is 9.14. The van der Waals surface area contributed by atoms with Crippen LogP contribution >= 0.6 is 15.9 Å². The normalized spacial score (nSPS) is 13.4. The van der Waals surface area contributed by atoms with E-state index in [1.165, 1.54) is 6.20 Å². The van der Waals surface area contributed by atoms with Gasteiger partial charge in [0.2, 0.25) is 5.78 Å². The predicted molar refractivity (Wildman–Crippen MR) is 89.7 cm³/mol. The van der Waals surface area contributed by atoms with Gasteiger partial charge in [0.05, 0.1) is 4.47 Å². The molecule has 1 aliphatic rings. The van der Waals surface area contributed by atoms with E-state index in [2.05, 4.69) is 15.9 Å². The van der Waals surface area contributed by atoms with Crippen LogP contribution in [0.1, 0.15) is 11.1 Å². The summed E-state index contributed by atoms with van der Waals surface area (Å²) in [7, 11) is 3.46. The van der Waals surface area contributed by atoms with Crippen LogP contribution in [-0.2, 0) is 11.2 Å². The Morgan fingerprint density at radius 3 is 2.79 bits per heavy atom. The maximum atomic E-state index is 12.4. The molecule has 0 atom stereocenters. The van der Waals surface area contributed by atoms with Gasteiger partial charge in [0.1, 0.15) is 24.0 Å². The molecule has 126 valence electrons. The molecular weight excluding hydrogens is 382 g/mol. The van der Waals surface area contributed by atoms with E-state index in [1.54, 1.807) is 37.2 Å². The lowest BCUT2D eigenvalue weighted by Crippen LogP contribution is -2.10. The molecule has 0 heterocycles. The number of nitrogens with zero attached hydrogens (tertiary/aromatic N) is 2. The number of benzene rings is 1. The number of hydrogen-bond donors (Lipinski definition) is 0. The number of carbonyl (C=O) groups excluding carboxylic acids is 1. The van der Waals surface area contributed by atoms with Gasteiger partial charge in [-0.3, -0.25) is 4.79 Å². The van der Waals surface area contributed by atoms with Crippen molar-refractivity contribution in [3.05, 3.63) is 45.1 Å². The highest BCUT2D eigenvalue weighted by atomic mass is 79.9. The molecule has 2 rings (SSSR count). The Labute approximate surface area is 147 Å². The van der Waals surface area contributed by atoms with Gasteiger partial charge in [-0.05, 0) is 45.3 Å². The van der Waals surface area contributed by atoms with Crippen molar-refractivity contribution in [2.45, 2.75) is 12.8 Å². The molecule has 0 radical (unpaired) electrons. The van der Waals surface area contributed by atoms with Crippen LogP contribution in [0.15, 0.2) is 34.0 Å². The molecule has 1 aromatic rings. The van der Waals surface area contributed by atoms with Gasteiger partial charge in [-0.1, -0.05) is 0 Å². The van der Waals surface area contributed by atoms with Gasteiger partial charge in [0, 0.05) is 32.3 Å². The molecular formula is C17H15BrF2N2O2. The fourth-order valence-corrected chi connectivity index (χ4v) is 2.83. The first-order chi connectivity index (χ1) is 11.3. The van der Waals surface area contributed by atoms with Crippen LogP contribution in [0.25, 0.3) is 6.08 Å². The molecule has 0 aromatic heterocycles. The summed E-state index contributed by atoms with van der Waals surface area (Å²) < 4.78 is 30.2. The van der Waals surface area contributed by atoms with Crippen molar-refractivity contribution in [1.29, 1.82) is 5.26 Å². The molecule has 0 amide bonds. The minimum absolute atomic E-state index is 0.0484. The quantitative estimate of drug-likeness (QED) is 0.544. The van der Waals surface area contributed by atoms with Gasteiger partial charge in [0.25, 0.3) is 6.43 Å². The summed E-state index contributed by atoms with van der Waals surface area (Å²) in [4.78, 5) is 14.1. The summed E-state index contributed by atoms with van der Waals surface area (Å²) in [6, 6.07) is 5.26. The Bertz CT molecular complexity index is 765. The van der Waals surface area contributed by atoms with E-state index in [1.807, 2.05) is 6.07 Å². The highest BCUT2D eigenvalue weighted by Crippen LogP contribution is 2.35. The van der Waals surface area contributed by atoms with Gasteiger partial charge in [-0.2, -0.15) is 5.26 Å². The van der Waals surface area contributed by atoms with Crippen LogP contribution in [0.3, 0.4) is 0 Å². The van der Waals surface area contributed by atoms with Crippen LogP contribution in [0.4, 0.5) is 8.78 Å². The number of hydrogen-bond acceptors (Lipinski definition) is 4. The molecule has 0 spiro atoms. The average molecular weight is 397 g/mol. The predicted octanol–water partition coefficient (Wildman–Crippen LogP) is 3.57. The first-order valence-corrected chi connectivity index (χ1v) is 7.88. The molecule has 7 heteroatoms. The topological polar surface area (TPSA) is 53.3 Å². The third-order valence-corrected chi connectivity index (χ3v) is 3.93. The summed E-state index contributed by atoms with van der Waals surface area (Å²) >= 11 is 3.28. The van der Waals surface area contributed by atoms with E-state index >= 15 is 0 Å². The van der Waals surface area contributed by atoms with Crippen molar-refractivity contribution in [2.75, 3.05) is 20.7 Å². The number of allylic oxidation sites excluding steroid dienone is 2. The Hall–Kier alpha value is -2.20. The molecule has 0 saturated carbocycles. The number of ether oxygens (including phenoxy) is 1. The van der Waals surface area contributed by atoms with Crippen molar-refractivity contribution in [2.24, 2.45) is 0 Å². The maximum Gasteiger partial charge on any atom is 0.272 e.